The lowest BCUT2D eigenvalue weighted by Gasteiger charge is -2.21. The highest BCUT2D eigenvalue weighted by Gasteiger charge is 2.23. The summed E-state index contributed by atoms with van der Waals surface area (Å²) in [6, 6.07) is 1.33. The summed E-state index contributed by atoms with van der Waals surface area (Å²) in [4.78, 5) is 5.87. The molecule has 1 rings (SSSR count). The van der Waals surface area contributed by atoms with Crippen LogP contribution in [0.2, 0.25) is 10.2 Å². The second-order valence-electron chi connectivity index (χ2n) is 4.60. The molecule has 0 aliphatic carbocycles. The molecule has 1 aromatic heterocycles. The van der Waals surface area contributed by atoms with Crippen molar-refractivity contribution in [3.63, 3.8) is 0 Å². The molecule has 0 saturated carbocycles. The van der Waals surface area contributed by atoms with Crippen LogP contribution in [0.25, 0.3) is 0 Å². The van der Waals surface area contributed by atoms with Gasteiger partial charge in [0.1, 0.15) is 10.0 Å². The highest BCUT2D eigenvalue weighted by Crippen LogP contribution is 2.24. The second kappa shape index (κ2) is 7.56. The number of hydrogen-bond donors (Lipinski definition) is 0. The van der Waals surface area contributed by atoms with Crippen molar-refractivity contribution >= 4 is 33.2 Å². The monoisotopic (exact) mass is 339 g/mol. The zero-order valence-electron chi connectivity index (χ0n) is 11.8. The van der Waals surface area contributed by atoms with Crippen molar-refractivity contribution in [3.05, 3.63) is 22.4 Å². The molecular formula is C12H19Cl2N3O2S. The summed E-state index contributed by atoms with van der Waals surface area (Å²) < 4.78 is 26.4. The highest BCUT2D eigenvalue weighted by molar-refractivity contribution is 7.89. The molecule has 8 heteroatoms. The van der Waals surface area contributed by atoms with E-state index in [4.69, 9.17) is 23.2 Å². The molecule has 0 amide bonds. The first kappa shape index (κ1) is 17.7. The molecule has 0 N–H and O–H groups in total. The van der Waals surface area contributed by atoms with Gasteiger partial charge in [-0.05, 0) is 33.1 Å². The molecule has 0 bridgehead atoms. The van der Waals surface area contributed by atoms with Gasteiger partial charge in [-0.15, -0.1) is 0 Å². The zero-order valence-corrected chi connectivity index (χ0v) is 14.1. The Hall–Kier alpha value is -0.400. The fraction of sp³-hybridized carbons (Fsp3) is 0.583. The lowest BCUT2D eigenvalue weighted by atomic mass is 10.4. The minimum atomic E-state index is -3.58. The van der Waals surface area contributed by atoms with E-state index in [2.05, 4.69) is 4.98 Å². The van der Waals surface area contributed by atoms with Gasteiger partial charge < -0.3 is 4.90 Å². The van der Waals surface area contributed by atoms with Crippen LogP contribution in [-0.4, -0.2) is 56.3 Å². The van der Waals surface area contributed by atoms with E-state index in [0.29, 0.717) is 13.1 Å². The van der Waals surface area contributed by atoms with Gasteiger partial charge in [0.25, 0.3) is 0 Å². The van der Waals surface area contributed by atoms with Crippen molar-refractivity contribution in [2.24, 2.45) is 0 Å². The number of rotatable bonds is 7. The van der Waals surface area contributed by atoms with E-state index in [0.717, 1.165) is 13.0 Å². The molecule has 1 heterocycles. The first-order chi connectivity index (χ1) is 9.28. The molecule has 20 heavy (non-hydrogen) atoms. The van der Waals surface area contributed by atoms with Crippen LogP contribution < -0.4 is 0 Å². The lowest BCUT2D eigenvalue weighted by Crippen LogP contribution is -2.33. The maximum atomic E-state index is 12.5. The summed E-state index contributed by atoms with van der Waals surface area (Å²) in [5.41, 5.74) is 0. The minimum absolute atomic E-state index is 0.0682. The predicted octanol–water partition coefficient (Wildman–Crippen LogP) is 2.35. The molecular weight excluding hydrogens is 321 g/mol. The van der Waals surface area contributed by atoms with Gasteiger partial charge in [0.15, 0.2) is 0 Å². The average Bonchev–Trinajstić information content (AvgIpc) is 2.37. The molecule has 1 aromatic rings. The Labute approximate surface area is 130 Å². The Morgan fingerprint density at radius 1 is 1.25 bits per heavy atom. The summed E-state index contributed by atoms with van der Waals surface area (Å²) in [6.45, 7) is 3.48. The SMILES string of the molecule is CCN(CCCN(C)C)S(=O)(=O)c1cnc(Cl)c(Cl)c1. The van der Waals surface area contributed by atoms with Gasteiger partial charge in [-0.3, -0.25) is 0 Å². The summed E-state index contributed by atoms with van der Waals surface area (Å²) >= 11 is 11.5. The molecule has 0 atom stereocenters. The van der Waals surface area contributed by atoms with E-state index >= 15 is 0 Å². The van der Waals surface area contributed by atoms with Crippen LogP contribution in [0.1, 0.15) is 13.3 Å². The maximum absolute atomic E-state index is 12.5. The molecule has 0 spiro atoms. The molecule has 5 nitrogen and oxygen atoms in total. The van der Waals surface area contributed by atoms with Crippen LogP contribution >= 0.6 is 23.2 Å². The predicted molar refractivity (Wildman–Crippen MR) is 81.9 cm³/mol. The third-order valence-electron chi connectivity index (χ3n) is 2.77. The van der Waals surface area contributed by atoms with Gasteiger partial charge in [-0.1, -0.05) is 30.1 Å². The molecule has 0 aliphatic rings. The lowest BCUT2D eigenvalue weighted by molar-refractivity contribution is 0.356. The van der Waals surface area contributed by atoms with Crippen LogP contribution in [0.15, 0.2) is 17.2 Å². The molecule has 0 saturated heterocycles. The number of nitrogens with zero attached hydrogens (tertiary/aromatic N) is 3. The van der Waals surface area contributed by atoms with Crippen LogP contribution in [0.4, 0.5) is 0 Å². The van der Waals surface area contributed by atoms with Crippen molar-refractivity contribution in [2.45, 2.75) is 18.2 Å². The standard InChI is InChI=1S/C12H19Cl2N3O2S/c1-4-17(7-5-6-16(2)3)20(18,19)10-8-11(13)12(14)15-9-10/h8-9H,4-7H2,1-3H3. The Morgan fingerprint density at radius 3 is 2.40 bits per heavy atom. The van der Waals surface area contributed by atoms with Crippen molar-refractivity contribution in [3.8, 4) is 0 Å². The second-order valence-corrected chi connectivity index (χ2v) is 7.30. The fourth-order valence-corrected chi connectivity index (χ4v) is 3.50. The zero-order chi connectivity index (χ0) is 15.3. The van der Waals surface area contributed by atoms with Gasteiger partial charge in [0.2, 0.25) is 10.0 Å². The van der Waals surface area contributed by atoms with Crippen LogP contribution in [-0.2, 0) is 10.0 Å². The summed E-state index contributed by atoms with van der Waals surface area (Å²) in [5.74, 6) is 0. The van der Waals surface area contributed by atoms with Gasteiger partial charge >= 0.3 is 0 Å². The molecule has 0 fully saturated rings. The van der Waals surface area contributed by atoms with E-state index in [1.54, 1.807) is 6.92 Å². The van der Waals surface area contributed by atoms with E-state index < -0.39 is 10.0 Å². The van der Waals surface area contributed by atoms with Crippen molar-refractivity contribution in [1.29, 1.82) is 0 Å². The number of halogens is 2. The molecule has 114 valence electrons. The number of sulfonamides is 1. The summed E-state index contributed by atoms with van der Waals surface area (Å²) in [6.07, 6.45) is 1.99. The van der Waals surface area contributed by atoms with E-state index in [1.165, 1.54) is 16.6 Å². The van der Waals surface area contributed by atoms with Gasteiger partial charge in [0, 0.05) is 19.3 Å². The van der Waals surface area contributed by atoms with Gasteiger partial charge in [0.05, 0.1) is 5.02 Å². The van der Waals surface area contributed by atoms with E-state index in [1.807, 2.05) is 19.0 Å². The number of hydrogen-bond acceptors (Lipinski definition) is 4. The van der Waals surface area contributed by atoms with Crippen LogP contribution in [0, 0.1) is 0 Å². The Balaban J connectivity index is 2.91. The van der Waals surface area contributed by atoms with Crippen LogP contribution in [0.3, 0.4) is 0 Å². The third-order valence-corrected chi connectivity index (χ3v) is 5.40. The third kappa shape index (κ3) is 4.56. The molecule has 0 unspecified atom stereocenters. The first-order valence-electron chi connectivity index (χ1n) is 6.25. The van der Waals surface area contributed by atoms with Crippen LogP contribution in [0.5, 0.6) is 0 Å². The Morgan fingerprint density at radius 2 is 1.90 bits per heavy atom. The van der Waals surface area contributed by atoms with Crippen molar-refractivity contribution in [1.82, 2.24) is 14.2 Å². The van der Waals surface area contributed by atoms with Crippen molar-refractivity contribution < 1.29 is 8.42 Å². The van der Waals surface area contributed by atoms with Gasteiger partial charge in [-0.25, -0.2) is 13.4 Å². The molecule has 0 radical (unpaired) electrons. The fourth-order valence-electron chi connectivity index (χ4n) is 1.71. The highest BCUT2D eigenvalue weighted by atomic mass is 35.5. The quantitative estimate of drug-likeness (QED) is 0.715. The topological polar surface area (TPSA) is 53.5 Å². The summed E-state index contributed by atoms with van der Waals surface area (Å²) in [7, 11) is 0.325. The molecule has 0 aromatic carbocycles. The average molecular weight is 340 g/mol. The largest absolute Gasteiger partial charge is 0.309 e. The maximum Gasteiger partial charge on any atom is 0.244 e. The van der Waals surface area contributed by atoms with E-state index in [9.17, 15) is 8.42 Å². The number of aromatic nitrogens is 1. The van der Waals surface area contributed by atoms with Gasteiger partial charge in [-0.2, -0.15) is 4.31 Å². The molecule has 0 aliphatic heterocycles. The van der Waals surface area contributed by atoms with Crippen molar-refractivity contribution in [2.75, 3.05) is 33.7 Å². The Kier molecular flexibility index (Phi) is 6.68. The summed E-state index contributed by atoms with van der Waals surface area (Å²) in [5, 5.41) is 0.235. The number of pyridine rings is 1. The smallest absolute Gasteiger partial charge is 0.244 e. The van der Waals surface area contributed by atoms with E-state index in [-0.39, 0.29) is 15.1 Å². The Bertz CT molecular complexity index is 550. The first-order valence-corrected chi connectivity index (χ1v) is 8.44. The minimum Gasteiger partial charge on any atom is -0.309 e. The normalized spacial score (nSPS) is 12.3.